The fourth-order valence-corrected chi connectivity index (χ4v) is 6.71. The molecule has 1 saturated heterocycles. The molecular formula is C35H49NO8S. The van der Waals surface area contributed by atoms with E-state index in [9.17, 15) is 9.59 Å². The average Bonchev–Trinajstić information content (AvgIpc) is 3.36. The number of hydrogen-bond acceptors (Lipinski definition) is 9. The molecule has 45 heavy (non-hydrogen) atoms. The van der Waals surface area contributed by atoms with Gasteiger partial charge in [-0.1, -0.05) is 70.3 Å². The lowest BCUT2D eigenvalue weighted by Crippen LogP contribution is -2.46. The molecule has 248 valence electrons. The molecule has 0 aliphatic carbocycles. The van der Waals surface area contributed by atoms with Gasteiger partial charge in [0.05, 0.1) is 32.2 Å². The molecule has 2 aromatic carbocycles. The maximum atomic E-state index is 12.0. The predicted molar refractivity (Wildman–Crippen MR) is 176 cm³/mol. The van der Waals surface area contributed by atoms with Crippen molar-refractivity contribution >= 4 is 22.9 Å². The van der Waals surface area contributed by atoms with Gasteiger partial charge in [0.2, 0.25) is 17.4 Å². The SMILES string of the molecule is CCCCCOc1c(C)c2c(c(OC)c1OC)OC(CC)(COc1ccc(CC3SC(=O)NC3=O)cc1)CC2OCCCCC. The Labute approximate surface area is 272 Å². The Kier molecular flexibility index (Phi) is 12.7. The number of thioether (sulfide) groups is 1. The fourth-order valence-electron chi connectivity index (χ4n) is 5.85. The minimum atomic E-state index is -0.686. The summed E-state index contributed by atoms with van der Waals surface area (Å²) in [7, 11) is 3.25. The Hall–Kier alpha value is -3.11. The molecular weight excluding hydrogens is 594 g/mol. The van der Waals surface area contributed by atoms with Crippen LogP contribution in [0.1, 0.15) is 94.9 Å². The molecule has 0 radical (unpaired) electrons. The van der Waals surface area contributed by atoms with Gasteiger partial charge in [0, 0.05) is 24.2 Å². The highest BCUT2D eigenvalue weighted by molar-refractivity contribution is 8.15. The summed E-state index contributed by atoms with van der Waals surface area (Å²) in [4.78, 5) is 23.5. The van der Waals surface area contributed by atoms with Crippen LogP contribution in [0.3, 0.4) is 0 Å². The molecule has 3 unspecified atom stereocenters. The van der Waals surface area contributed by atoms with Gasteiger partial charge >= 0.3 is 0 Å². The van der Waals surface area contributed by atoms with Gasteiger partial charge in [0.1, 0.15) is 18.0 Å². The number of benzene rings is 2. The Balaban J connectivity index is 1.59. The molecule has 0 saturated carbocycles. The normalized spacial score (nSPS) is 20.8. The molecule has 1 fully saturated rings. The third-order valence-corrected chi connectivity index (χ3v) is 9.51. The number of rotatable bonds is 18. The van der Waals surface area contributed by atoms with Crippen LogP contribution in [0.25, 0.3) is 0 Å². The van der Waals surface area contributed by atoms with Crippen LogP contribution in [0.5, 0.6) is 28.7 Å². The lowest BCUT2D eigenvalue weighted by Gasteiger charge is -2.43. The predicted octanol–water partition coefficient (Wildman–Crippen LogP) is 7.73. The molecule has 10 heteroatoms. The van der Waals surface area contributed by atoms with Gasteiger partial charge in [0.25, 0.3) is 5.24 Å². The molecule has 2 aromatic rings. The molecule has 9 nitrogen and oxygen atoms in total. The van der Waals surface area contributed by atoms with Crippen LogP contribution in [0.4, 0.5) is 4.79 Å². The number of fused-ring (bicyclic) bond motifs is 1. The van der Waals surface area contributed by atoms with E-state index >= 15 is 0 Å². The molecule has 3 atom stereocenters. The van der Waals surface area contributed by atoms with E-state index in [2.05, 4.69) is 26.1 Å². The molecule has 2 aliphatic heterocycles. The molecule has 2 heterocycles. The summed E-state index contributed by atoms with van der Waals surface area (Å²) in [5, 5.41) is 1.64. The van der Waals surface area contributed by atoms with Crippen molar-refractivity contribution < 1.29 is 38.0 Å². The zero-order chi connectivity index (χ0) is 32.4. The van der Waals surface area contributed by atoms with Crippen LogP contribution in [-0.4, -0.2) is 56.0 Å². The fraction of sp³-hybridized carbons (Fsp3) is 0.600. The van der Waals surface area contributed by atoms with Gasteiger partial charge in [-0.05, 0) is 50.3 Å². The smallest absolute Gasteiger partial charge is 0.286 e. The summed E-state index contributed by atoms with van der Waals surface area (Å²) in [6, 6.07) is 7.65. The molecule has 0 bridgehead atoms. The summed E-state index contributed by atoms with van der Waals surface area (Å²) in [5.74, 6) is 2.76. The van der Waals surface area contributed by atoms with E-state index in [-0.39, 0.29) is 17.3 Å². The van der Waals surface area contributed by atoms with Gasteiger partial charge < -0.3 is 28.4 Å². The quantitative estimate of drug-likeness (QED) is 0.164. The number of ether oxygens (including phenoxy) is 6. The van der Waals surface area contributed by atoms with E-state index in [4.69, 9.17) is 28.4 Å². The van der Waals surface area contributed by atoms with Crippen LogP contribution in [0, 0.1) is 6.92 Å². The Morgan fingerprint density at radius 2 is 1.60 bits per heavy atom. The van der Waals surface area contributed by atoms with Crippen molar-refractivity contribution in [2.45, 2.75) is 102 Å². The van der Waals surface area contributed by atoms with Crippen molar-refractivity contribution in [1.29, 1.82) is 0 Å². The second kappa shape index (κ2) is 16.5. The number of carbonyl (C=O) groups is 2. The Morgan fingerprint density at radius 3 is 2.20 bits per heavy atom. The zero-order valence-corrected chi connectivity index (χ0v) is 28.4. The maximum Gasteiger partial charge on any atom is 0.286 e. The molecule has 2 aliphatic rings. The van der Waals surface area contributed by atoms with Crippen LogP contribution in [0.2, 0.25) is 0 Å². The van der Waals surface area contributed by atoms with Crippen LogP contribution in [0.15, 0.2) is 24.3 Å². The highest BCUT2D eigenvalue weighted by atomic mass is 32.2. The first kappa shape index (κ1) is 34.8. The molecule has 1 N–H and O–H groups in total. The first-order valence-corrected chi connectivity index (χ1v) is 17.1. The summed E-state index contributed by atoms with van der Waals surface area (Å²) in [6.45, 7) is 10.0. The number of unbranched alkanes of at least 4 members (excludes halogenated alkanes) is 4. The standard InChI is InChI=1S/C35H49NO8S/c1-7-10-12-18-41-26-21-35(9-3,22-43-25-16-14-24(15-17-25)20-27-33(37)36-34(38)45-27)44-30-28(26)23(4)29(42-19-13-11-8-2)31(39-5)32(30)40-6/h14-17,26-27H,7-13,18-22H2,1-6H3,(H,36,37,38). The largest absolute Gasteiger partial charge is 0.490 e. The van der Waals surface area contributed by atoms with Gasteiger partial charge in [-0.25, -0.2) is 0 Å². The lowest BCUT2D eigenvalue weighted by atomic mass is 9.84. The van der Waals surface area contributed by atoms with E-state index in [1.165, 1.54) is 0 Å². The van der Waals surface area contributed by atoms with Crippen LogP contribution >= 0.6 is 11.8 Å². The first-order chi connectivity index (χ1) is 21.8. The van der Waals surface area contributed by atoms with Crippen LogP contribution < -0.4 is 29.0 Å². The van der Waals surface area contributed by atoms with Crippen molar-refractivity contribution in [2.75, 3.05) is 34.0 Å². The van der Waals surface area contributed by atoms with E-state index in [1.54, 1.807) is 14.2 Å². The number of nitrogens with one attached hydrogen (secondary N) is 1. The van der Waals surface area contributed by atoms with E-state index in [0.29, 0.717) is 67.8 Å². The van der Waals surface area contributed by atoms with E-state index < -0.39 is 10.9 Å². The van der Waals surface area contributed by atoms with E-state index in [1.807, 2.05) is 31.2 Å². The van der Waals surface area contributed by atoms with Gasteiger partial charge in [-0.15, -0.1) is 0 Å². The number of methoxy groups -OCH3 is 2. The summed E-state index contributed by atoms with van der Waals surface area (Å²) in [5.41, 5.74) is 2.15. The van der Waals surface area contributed by atoms with E-state index in [0.717, 1.165) is 67.0 Å². The highest BCUT2D eigenvalue weighted by Gasteiger charge is 2.45. The Morgan fingerprint density at radius 1 is 0.911 bits per heavy atom. The summed E-state index contributed by atoms with van der Waals surface area (Å²) in [6.07, 6.45) is 7.88. The van der Waals surface area contributed by atoms with Crippen molar-refractivity contribution in [3.05, 3.63) is 41.0 Å². The highest BCUT2D eigenvalue weighted by Crippen LogP contribution is 2.56. The van der Waals surface area contributed by atoms with Gasteiger partial charge in [0.15, 0.2) is 11.5 Å². The summed E-state index contributed by atoms with van der Waals surface area (Å²) >= 11 is 1.03. The number of amides is 2. The summed E-state index contributed by atoms with van der Waals surface area (Å²) < 4.78 is 38.0. The number of carbonyl (C=O) groups excluding carboxylic acids is 2. The third-order valence-electron chi connectivity index (χ3n) is 8.53. The lowest BCUT2D eigenvalue weighted by molar-refractivity contribution is -0.118. The third kappa shape index (κ3) is 8.38. The topological polar surface area (TPSA) is 102 Å². The minimum Gasteiger partial charge on any atom is -0.490 e. The minimum absolute atomic E-state index is 0.242. The van der Waals surface area contributed by atoms with Crippen LogP contribution in [-0.2, 0) is 16.0 Å². The number of hydrogen-bond donors (Lipinski definition) is 1. The maximum absolute atomic E-state index is 12.0. The Bertz CT molecular complexity index is 1300. The van der Waals surface area contributed by atoms with Gasteiger partial charge in [-0.2, -0.15) is 0 Å². The first-order valence-electron chi connectivity index (χ1n) is 16.2. The number of imide groups is 1. The second-order valence-corrected chi connectivity index (χ2v) is 12.9. The van der Waals surface area contributed by atoms with Crippen molar-refractivity contribution in [3.8, 4) is 28.7 Å². The average molecular weight is 644 g/mol. The molecule has 0 spiro atoms. The zero-order valence-electron chi connectivity index (χ0n) is 27.6. The monoisotopic (exact) mass is 643 g/mol. The molecule has 2 amide bonds. The molecule has 4 rings (SSSR count). The van der Waals surface area contributed by atoms with Crippen molar-refractivity contribution in [2.24, 2.45) is 0 Å². The van der Waals surface area contributed by atoms with Gasteiger partial charge in [-0.3, -0.25) is 14.9 Å². The second-order valence-electron chi connectivity index (χ2n) is 11.7. The van der Waals surface area contributed by atoms with Crippen molar-refractivity contribution in [1.82, 2.24) is 5.32 Å². The van der Waals surface area contributed by atoms with Crippen molar-refractivity contribution in [3.63, 3.8) is 0 Å². The molecule has 0 aromatic heterocycles.